The first-order valence-electron chi connectivity index (χ1n) is 6.09. The smallest absolute Gasteiger partial charge is 0.234 e. The number of thioether (sulfide) groups is 1. The fraction of sp³-hybridized carbons (Fsp3) is 0.133. The topological polar surface area (TPSA) is 59.1 Å². The lowest BCUT2D eigenvalue weighted by molar-refractivity contribution is -0.113. The number of anilines is 1. The number of ketones is 1. The van der Waals surface area contributed by atoms with E-state index in [9.17, 15) is 9.59 Å². The van der Waals surface area contributed by atoms with Crippen LogP contribution >= 0.6 is 11.8 Å². The summed E-state index contributed by atoms with van der Waals surface area (Å²) in [5.41, 5.74) is 1.22. The van der Waals surface area contributed by atoms with Crippen LogP contribution in [0.4, 0.5) is 5.69 Å². The highest BCUT2D eigenvalue weighted by atomic mass is 32.2. The van der Waals surface area contributed by atoms with Crippen LogP contribution < -0.4 is 5.32 Å². The zero-order chi connectivity index (χ0) is 14.4. The van der Waals surface area contributed by atoms with Gasteiger partial charge in [-0.15, -0.1) is 11.8 Å². The Labute approximate surface area is 121 Å². The average Bonchev–Trinajstić information content (AvgIpc) is 2.46. The van der Waals surface area contributed by atoms with E-state index >= 15 is 0 Å². The SMILES string of the molecule is CC(=O)c1cccc(NC(=O)CSc2ccncc2)c1. The lowest BCUT2D eigenvalue weighted by Gasteiger charge is -2.06. The Kier molecular flexibility index (Phi) is 4.90. The Balaban J connectivity index is 1.91. The molecule has 0 aliphatic heterocycles. The van der Waals surface area contributed by atoms with Crippen molar-refractivity contribution < 1.29 is 9.59 Å². The van der Waals surface area contributed by atoms with Gasteiger partial charge in [-0.2, -0.15) is 0 Å². The maximum atomic E-state index is 11.8. The molecule has 0 saturated heterocycles. The number of carbonyl (C=O) groups is 2. The molecule has 1 aromatic carbocycles. The molecule has 1 amide bonds. The van der Waals surface area contributed by atoms with Crippen molar-refractivity contribution in [3.05, 3.63) is 54.4 Å². The number of hydrogen-bond donors (Lipinski definition) is 1. The van der Waals surface area contributed by atoms with Gasteiger partial charge in [0.1, 0.15) is 0 Å². The van der Waals surface area contributed by atoms with Crippen molar-refractivity contribution in [1.29, 1.82) is 0 Å². The first-order chi connectivity index (χ1) is 9.65. The van der Waals surface area contributed by atoms with Gasteiger partial charge in [0.25, 0.3) is 0 Å². The van der Waals surface area contributed by atoms with Gasteiger partial charge in [0.05, 0.1) is 5.75 Å². The Morgan fingerprint density at radius 1 is 1.20 bits per heavy atom. The van der Waals surface area contributed by atoms with E-state index in [4.69, 9.17) is 0 Å². The standard InChI is InChI=1S/C15H14N2O2S/c1-11(18)12-3-2-4-13(9-12)17-15(19)10-20-14-5-7-16-8-6-14/h2-9H,10H2,1H3,(H,17,19). The van der Waals surface area contributed by atoms with Crippen molar-refractivity contribution in [2.75, 3.05) is 11.1 Å². The number of amides is 1. The number of Topliss-reactive ketones (excluding diaryl/α,β-unsaturated/α-hetero) is 1. The third-order valence-electron chi connectivity index (χ3n) is 2.57. The Morgan fingerprint density at radius 2 is 1.95 bits per heavy atom. The second-order valence-electron chi connectivity index (χ2n) is 4.16. The molecule has 0 aliphatic rings. The lowest BCUT2D eigenvalue weighted by atomic mass is 10.1. The highest BCUT2D eigenvalue weighted by Gasteiger charge is 2.05. The largest absolute Gasteiger partial charge is 0.325 e. The van der Waals surface area contributed by atoms with Gasteiger partial charge in [-0.1, -0.05) is 12.1 Å². The van der Waals surface area contributed by atoms with Gasteiger partial charge in [-0.05, 0) is 31.2 Å². The molecule has 0 spiro atoms. The number of rotatable bonds is 5. The normalized spacial score (nSPS) is 10.1. The summed E-state index contributed by atoms with van der Waals surface area (Å²) in [6.45, 7) is 1.50. The summed E-state index contributed by atoms with van der Waals surface area (Å²) in [6, 6.07) is 10.6. The molecule has 1 heterocycles. The van der Waals surface area contributed by atoms with Gasteiger partial charge >= 0.3 is 0 Å². The number of nitrogens with zero attached hydrogens (tertiary/aromatic N) is 1. The molecule has 0 unspecified atom stereocenters. The van der Waals surface area contributed by atoms with Crippen LogP contribution in [0.25, 0.3) is 0 Å². The van der Waals surface area contributed by atoms with E-state index in [2.05, 4.69) is 10.3 Å². The molecule has 0 atom stereocenters. The fourth-order valence-electron chi connectivity index (χ4n) is 1.60. The van der Waals surface area contributed by atoms with Crippen molar-refractivity contribution >= 4 is 29.1 Å². The Hall–Kier alpha value is -2.14. The Bertz CT molecular complexity index is 614. The molecular formula is C15H14N2O2S. The molecule has 20 heavy (non-hydrogen) atoms. The number of nitrogens with one attached hydrogen (secondary N) is 1. The summed E-state index contributed by atoms with van der Waals surface area (Å²) in [4.78, 5) is 28.0. The highest BCUT2D eigenvalue weighted by Crippen LogP contribution is 2.17. The predicted molar refractivity (Wildman–Crippen MR) is 80.0 cm³/mol. The zero-order valence-electron chi connectivity index (χ0n) is 11.0. The minimum absolute atomic E-state index is 0.0211. The van der Waals surface area contributed by atoms with Crippen LogP contribution in [0.3, 0.4) is 0 Å². The molecule has 4 nitrogen and oxygen atoms in total. The quantitative estimate of drug-likeness (QED) is 0.678. The number of pyridine rings is 1. The van der Waals surface area contributed by atoms with Crippen molar-refractivity contribution in [3.63, 3.8) is 0 Å². The Morgan fingerprint density at radius 3 is 2.65 bits per heavy atom. The molecule has 2 aromatic rings. The van der Waals surface area contributed by atoms with Gasteiger partial charge < -0.3 is 5.32 Å². The predicted octanol–water partition coefficient (Wildman–Crippen LogP) is 3.02. The van der Waals surface area contributed by atoms with Gasteiger partial charge in [-0.3, -0.25) is 14.6 Å². The molecule has 5 heteroatoms. The summed E-state index contributed by atoms with van der Waals surface area (Å²) in [5.74, 6) is 0.189. The first kappa shape index (κ1) is 14.3. The summed E-state index contributed by atoms with van der Waals surface area (Å²) >= 11 is 1.44. The van der Waals surface area contributed by atoms with Crippen molar-refractivity contribution in [2.24, 2.45) is 0 Å². The van der Waals surface area contributed by atoms with Crippen LogP contribution in [0, 0.1) is 0 Å². The van der Waals surface area contributed by atoms with Gasteiger partial charge in [0, 0.05) is 28.5 Å². The molecule has 1 N–H and O–H groups in total. The van der Waals surface area contributed by atoms with Crippen LogP contribution in [0.15, 0.2) is 53.7 Å². The average molecular weight is 286 g/mol. The number of hydrogen-bond acceptors (Lipinski definition) is 4. The molecule has 2 rings (SSSR count). The minimum Gasteiger partial charge on any atom is -0.325 e. The van der Waals surface area contributed by atoms with E-state index in [1.54, 1.807) is 36.7 Å². The van der Waals surface area contributed by atoms with Gasteiger partial charge in [-0.25, -0.2) is 0 Å². The summed E-state index contributed by atoms with van der Waals surface area (Å²) < 4.78 is 0. The molecule has 0 aliphatic carbocycles. The molecule has 1 aromatic heterocycles. The molecule has 0 saturated carbocycles. The van der Waals surface area contributed by atoms with Crippen LogP contribution in [-0.4, -0.2) is 22.4 Å². The molecule has 0 bridgehead atoms. The van der Waals surface area contributed by atoms with Crippen LogP contribution in [0.5, 0.6) is 0 Å². The second-order valence-corrected chi connectivity index (χ2v) is 5.21. The van der Waals surface area contributed by atoms with E-state index in [-0.39, 0.29) is 11.7 Å². The van der Waals surface area contributed by atoms with Crippen molar-refractivity contribution in [1.82, 2.24) is 4.98 Å². The van der Waals surface area contributed by atoms with Crippen molar-refractivity contribution in [2.45, 2.75) is 11.8 Å². The number of benzene rings is 1. The maximum absolute atomic E-state index is 11.8. The van der Waals surface area contributed by atoms with E-state index in [1.165, 1.54) is 18.7 Å². The summed E-state index contributed by atoms with van der Waals surface area (Å²) in [6.07, 6.45) is 3.38. The van der Waals surface area contributed by atoms with E-state index in [1.807, 2.05) is 12.1 Å². The van der Waals surface area contributed by atoms with Gasteiger partial charge in [0.15, 0.2) is 5.78 Å². The van der Waals surface area contributed by atoms with Crippen LogP contribution in [-0.2, 0) is 4.79 Å². The minimum atomic E-state index is -0.104. The summed E-state index contributed by atoms with van der Waals surface area (Å²) in [5, 5.41) is 2.78. The second kappa shape index (κ2) is 6.86. The number of aromatic nitrogens is 1. The molecule has 102 valence electrons. The lowest BCUT2D eigenvalue weighted by Crippen LogP contribution is -2.14. The van der Waals surface area contributed by atoms with Gasteiger partial charge in [0.2, 0.25) is 5.91 Å². The number of carbonyl (C=O) groups excluding carboxylic acids is 2. The van der Waals surface area contributed by atoms with Crippen molar-refractivity contribution in [3.8, 4) is 0 Å². The first-order valence-corrected chi connectivity index (χ1v) is 7.07. The third kappa shape index (κ3) is 4.20. The van der Waals surface area contributed by atoms with Crippen LogP contribution in [0.1, 0.15) is 17.3 Å². The van der Waals surface area contributed by atoms with E-state index in [0.717, 1.165) is 4.90 Å². The van der Waals surface area contributed by atoms with Crippen LogP contribution in [0.2, 0.25) is 0 Å². The third-order valence-corrected chi connectivity index (χ3v) is 3.58. The maximum Gasteiger partial charge on any atom is 0.234 e. The monoisotopic (exact) mass is 286 g/mol. The fourth-order valence-corrected chi connectivity index (χ4v) is 2.28. The molecular weight excluding hydrogens is 272 g/mol. The van der Waals surface area contributed by atoms with E-state index < -0.39 is 0 Å². The summed E-state index contributed by atoms with van der Waals surface area (Å²) in [7, 11) is 0. The highest BCUT2D eigenvalue weighted by molar-refractivity contribution is 8.00. The molecule has 0 fully saturated rings. The van der Waals surface area contributed by atoms with E-state index in [0.29, 0.717) is 17.0 Å². The zero-order valence-corrected chi connectivity index (χ0v) is 11.8. The molecule has 0 radical (unpaired) electrons.